The second-order valence-electron chi connectivity index (χ2n) is 6.51. The Morgan fingerprint density at radius 2 is 2.07 bits per heavy atom. The summed E-state index contributed by atoms with van der Waals surface area (Å²) < 4.78 is 24.2. The van der Waals surface area contributed by atoms with Crippen molar-refractivity contribution in [2.75, 3.05) is 41.3 Å². The molecule has 0 saturated heterocycles. The van der Waals surface area contributed by atoms with Crippen molar-refractivity contribution in [1.82, 2.24) is 15.1 Å². The summed E-state index contributed by atoms with van der Waals surface area (Å²) >= 11 is 0. The van der Waals surface area contributed by atoms with Gasteiger partial charge < -0.3 is 24.3 Å². The van der Waals surface area contributed by atoms with E-state index < -0.39 is 5.82 Å². The predicted molar refractivity (Wildman–Crippen MR) is 106 cm³/mol. The van der Waals surface area contributed by atoms with Crippen molar-refractivity contribution >= 4 is 11.9 Å². The SMILES string of the molecule is COc1ccc(CN(C)C(=NCC(=O)N(C)C)NCCc2ccco2)cc1F. The van der Waals surface area contributed by atoms with Gasteiger partial charge in [-0.3, -0.25) is 4.79 Å². The number of hydrogen-bond acceptors (Lipinski definition) is 4. The molecule has 1 heterocycles. The van der Waals surface area contributed by atoms with E-state index in [0.29, 0.717) is 25.5 Å². The number of amides is 1. The molecule has 0 unspecified atom stereocenters. The molecular weight excluding hydrogens is 363 g/mol. The minimum atomic E-state index is -0.416. The first kappa shape index (κ1) is 21.3. The Morgan fingerprint density at radius 3 is 2.68 bits per heavy atom. The van der Waals surface area contributed by atoms with E-state index >= 15 is 0 Å². The second kappa shape index (κ2) is 10.3. The molecule has 0 fully saturated rings. The molecule has 28 heavy (non-hydrogen) atoms. The normalized spacial score (nSPS) is 11.2. The lowest BCUT2D eigenvalue weighted by Gasteiger charge is -2.23. The number of ether oxygens (including phenoxy) is 1. The summed E-state index contributed by atoms with van der Waals surface area (Å²) in [5, 5.41) is 3.24. The highest BCUT2D eigenvalue weighted by Gasteiger charge is 2.11. The highest BCUT2D eigenvalue weighted by Crippen LogP contribution is 2.18. The number of benzene rings is 1. The van der Waals surface area contributed by atoms with Crippen molar-refractivity contribution in [1.29, 1.82) is 0 Å². The van der Waals surface area contributed by atoms with Crippen LogP contribution in [-0.4, -0.2) is 63.0 Å². The topological polar surface area (TPSA) is 70.3 Å². The summed E-state index contributed by atoms with van der Waals surface area (Å²) in [7, 11) is 6.64. The van der Waals surface area contributed by atoms with Crippen molar-refractivity contribution in [2.24, 2.45) is 4.99 Å². The first-order chi connectivity index (χ1) is 13.4. The summed E-state index contributed by atoms with van der Waals surface area (Å²) in [6.07, 6.45) is 2.31. The number of likely N-dealkylation sites (N-methyl/N-ethyl adjacent to an activating group) is 1. The summed E-state index contributed by atoms with van der Waals surface area (Å²) in [6.45, 7) is 1.03. The van der Waals surface area contributed by atoms with E-state index in [1.54, 1.807) is 32.5 Å². The molecule has 0 atom stereocenters. The lowest BCUT2D eigenvalue weighted by atomic mass is 10.2. The zero-order valence-electron chi connectivity index (χ0n) is 16.7. The molecule has 7 nitrogen and oxygen atoms in total. The van der Waals surface area contributed by atoms with Gasteiger partial charge in [0.25, 0.3) is 0 Å². The van der Waals surface area contributed by atoms with Gasteiger partial charge in [-0.2, -0.15) is 0 Å². The molecule has 1 N–H and O–H groups in total. The van der Waals surface area contributed by atoms with Crippen molar-refractivity contribution in [3.8, 4) is 5.75 Å². The van der Waals surface area contributed by atoms with Gasteiger partial charge in [-0.05, 0) is 29.8 Å². The van der Waals surface area contributed by atoms with Crippen molar-refractivity contribution in [2.45, 2.75) is 13.0 Å². The van der Waals surface area contributed by atoms with Gasteiger partial charge in [0, 0.05) is 40.7 Å². The largest absolute Gasteiger partial charge is 0.494 e. The molecule has 152 valence electrons. The van der Waals surface area contributed by atoms with Gasteiger partial charge in [-0.1, -0.05) is 6.07 Å². The Bertz CT molecular complexity index is 791. The molecule has 0 aliphatic carbocycles. The standard InChI is InChI=1S/C20H27FN4O3/c1-24(2)19(26)13-23-20(22-10-9-16-6-5-11-28-16)25(3)14-15-7-8-18(27-4)17(21)12-15/h5-8,11-12H,9-10,13-14H2,1-4H3,(H,22,23). The number of methoxy groups -OCH3 is 1. The molecule has 0 bridgehead atoms. The van der Waals surface area contributed by atoms with E-state index in [0.717, 1.165) is 11.3 Å². The third kappa shape index (κ3) is 6.29. The van der Waals surface area contributed by atoms with E-state index in [-0.39, 0.29) is 18.2 Å². The smallest absolute Gasteiger partial charge is 0.243 e. The van der Waals surface area contributed by atoms with Crippen LogP contribution in [0.25, 0.3) is 0 Å². The Balaban J connectivity index is 2.05. The number of carbonyl (C=O) groups is 1. The number of nitrogens with one attached hydrogen (secondary N) is 1. The number of hydrogen-bond donors (Lipinski definition) is 1. The summed E-state index contributed by atoms with van der Waals surface area (Å²) in [5.74, 6) is 1.09. The maximum atomic E-state index is 14.0. The van der Waals surface area contributed by atoms with E-state index in [9.17, 15) is 9.18 Å². The number of furan rings is 1. The molecular formula is C20H27FN4O3. The van der Waals surface area contributed by atoms with Crippen LogP contribution in [0.5, 0.6) is 5.75 Å². The van der Waals surface area contributed by atoms with Crippen molar-refractivity contribution in [3.05, 3.63) is 53.7 Å². The number of guanidine groups is 1. The molecule has 0 spiro atoms. The monoisotopic (exact) mass is 390 g/mol. The first-order valence-corrected chi connectivity index (χ1v) is 8.95. The van der Waals surface area contributed by atoms with Gasteiger partial charge in [0.05, 0.1) is 13.4 Å². The Morgan fingerprint density at radius 1 is 1.29 bits per heavy atom. The average molecular weight is 390 g/mol. The quantitative estimate of drug-likeness (QED) is 0.552. The van der Waals surface area contributed by atoms with Crippen molar-refractivity contribution in [3.63, 3.8) is 0 Å². The van der Waals surface area contributed by atoms with E-state index in [1.165, 1.54) is 18.1 Å². The van der Waals surface area contributed by atoms with Gasteiger partial charge >= 0.3 is 0 Å². The second-order valence-corrected chi connectivity index (χ2v) is 6.51. The minimum Gasteiger partial charge on any atom is -0.494 e. The van der Waals surface area contributed by atoms with Crippen LogP contribution in [-0.2, 0) is 17.8 Å². The van der Waals surface area contributed by atoms with Gasteiger partial charge in [-0.15, -0.1) is 0 Å². The Kier molecular flexibility index (Phi) is 7.86. The minimum absolute atomic E-state index is 0.0252. The van der Waals surface area contributed by atoms with Crippen LogP contribution in [0, 0.1) is 5.82 Å². The van der Waals surface area contributed by atoms with Crippen LogP contribution in [0.1, 0.15) is 11.3 Å². The number of carbonyl (C=O) groups excluding carboxylic acids is 1. The van der Waals surface area contributed by atoms with E-state index in [1.807, 2.05) is 24.1 Å². The molecule has 1 aromatic carbocycles. The fourth-order valence-corrected chi connectivity index (χ4v) is 2.50. The van der Waals surface area contributed by atoms with Gasteiger partial charge in [-0.25, -0.2) is 9.38 Å². The maximum Gasteiger partial charge on any atom is 0.243 e. The molecule has 0 radical (unpaired) electrons. The zero-order valence-corrected chi connectivity index (χ0v) is 16.7. The van der Waals surface area contributed by atoms with Gasteiger partial charge in [0.15, 0.2) is 17.5 Å². The Labute approximate surface area is 164 Å². The fraction of sp³-hybridized carbons (Fsp3) is 0.400. The van der Waals surface area contributed by atoms with Gasteiger partial charge in [0.1, 0.15) is 12.3 Å². The fourth-order valence-electron chi connectivity index (χ4n) is 2.50. The zero-order chi connectivity index (χ0) is 20.5. The highest BCUT2D eigenvalue weighted by molar-refractivity contribution is 5.84. The van der Waals surface area contributed by atoms with Crippen LogP contribution in [0.3, 0.4) is 0 Å². The van der Waals surface area contributed by atoms with Crippen LogP contribution in [0.2, 0.25) is 0 Å². The predicted octanol–water partition coefficient (Wildman–Crippen LogP) is 2.14. The third-order valence-corrected chi connectivity index (χ3v) is 4.10. The average Bonchev–Trinajstić information content (AvgIpc) is 3.17. The first-order valence-electron chi connectivity index (χ1n) is 8.95. The van der Waals surface area contributed by atoms with Gasteiger partial charge in [0.2, 0.25) is 5.91 Å². The summed E-state index contributed by atoms with van der Waals surface area (Å²) in [6, 6.07) is 8.56. The molecule has 8 heteroatoms. The van der Waals surface area contributed by atoms with E-state index in [4.69, 9.17) is 9.15 Å². The summed E-state index contributed by atoms with van der Waals surface area (Å²) in [4.78, 5) is 19.6. The van der Waals surface area contributed by atoms with Crippen LogP contribution >= 0.6 is 0 Å². The van der Waals surface area contributed by atoms with Crippen molar-refractivity contribution < 1.29 is 18.3 Å². The van der Waals surface area contributed by atoms with Crippen LogP contribution in [0.15, 0.2) is 46.0 Å². The molecule has 2 rings (SSSR count). The van der Waals surface area contributed by atoms with Crippen LogP contribution in [0.4, 0.5) is 4.39 Å². The highest BCUT2D eigenvalue weighted by atomic mass is 19.1. The number of nitrogens with zero attached hydrogens (tertiary/aromatic N) is 3. The molecule has 0 aliphatic rings. The lowest BCUT2D eigenvalue weighted by Crippen LogP contribution is -2.40. The molecule has 2 aromatic rings. The maximum absolute atomic E-state index is 14.0. The number of rotatable bonds is 8. The number of halogens is 1. The molecule has 1 amide bonds. The Hall–Kier alpha value is -3.03. The lowest BCUT2D eigenvalue weighted by molar-refractivity contribution is -0.127. The van der Waals surface area contributed by atoms with Crippen LogP contribution < -0.4 is 10.1 Å². The molecule has 1 aromatic heterocycles. The number of aliphatic imine (C=N–C) groups is 1. The summed E-state index contributed by atoms with van der Waals surface area (Å²) in [5.41, 5.74) is 0.764. The molecule has 0 aliphatic heterocycles. The third-order valence-electron chi connectivity index (χ3n) is 4.10. The molecule has 0 saturated carbocycles. The van der Waals surface area contributed by atoms with E-state index in [2.05, 4.69) is 10.3 Å².